The standard InChI is InChI=1S/C12H12BrNO3/c1-14-10(15)6-8(12(14)16)7-4-3-5-9(13)11(7)17-2/h3-5,8H,6H2,1-2H3. The van der Waals surface area contributed by atoms with Gasteiger partial charge in [0.1, 0.15) is 5.75 Å². The maximum atomic E-state index is 11.9. The second-order valence-electron chi connectivity index (χ2n) is 3.91. The number of likely N-dealkylation sites (N-methyl/N-ethyl adjacent to an activating group) is 1. The largest absolute Gasteiger partial charge is 0.495 e. The third kappa shape index (κ3) is 1.95. The molecule has 0 saturated carbocycles. The third-order valence-electron chi connectivity index (χ3n) is 2.96. The molecule has 4 nitrogen and oxygen atoms in total. The minimum Gasteiger partial charge on any atom is -0.495 e. The molecule has 0 spiro atoms. The number of hydrogen-bond acceptors (Lipinski definition) is 3. The van der Waals surface area contributed by atoms with Crippen molar-refractivity contribution in [1.29, 1.82) is 0 Å². The number of halogens is 1. The van der Waals surface area contributed by atoms with E-state index in [1.807, 2.05) is 18.2 Å². The fraction of sp³-hybridized carbons (Fsp3) is 0.333. The molecule has 2 amide bonds. The molecule has 0 aliphatic carbocycles. The van der Waals surface area contributed by atoms with Gasteiger partial charge in [-0.1, -0.05) is 12.1 Å². The van der Waals surface area contributed by atoms with Crippen LogP contribution in [0.4, 0.5) is 0 Å². The second-order valence-corrected chi connectivity index (χ2v) is 4.76. The highest BCUT2D eigenvalue weighted by Gasteiger charge is 2.38. The molecule has 1 unspecified atom stereocenters. The van der Waals surface area contributed by atoms with Crippen molar-refractivity contribution in [2.45, 2.75) is 12.3 Å². The second kappa shape index (κ2) is 4.49. The lowest BCUT2D eigenvalue weighted by Gasteiger charge is -2.14. The van der Waals surface area contributed by atoms with Crippen molar-refractivity contribution in [3.63, 3.8) is 0 Å². The molecule has 0 aromatic heterocycles. The van der Waals surface area contributed by atoms with E-state index in [1.54, 1.807) is 7.11 Å². The van der Waals surface area contributed by atoms with Crippen molar-refractivity contribution in [2.24, 2.45) is 0 Å². The van der Waals surface area contributed by atoms with Crippen LogP contribution in [0.3, 0.4) is 0 Å². The van der Waals surface area contributed by atoms with Crippen LogP contribution in [-0.4, -0.2) is 30.9 Å². The number of carbonyl (C=O) groups excluding carboxylic acids is 2. The van der Waals surface area contributed by atoms with E-state index in [-0.39, 0.29) is 18.2 Å². The molecule has 1 heterocycles. The molecule has 1 saturated heterocycles. The Bertz CT molecular complexity index is 487. The molecule has 0 radical (unpaired) electrons. The average Bonchev–Trinajstić information content (AvgIpc) is 2.56. The molecule has 5 heteroatoms. The number of para-hydroxylation sites is 1. The maximum absolute atomic E-state index is 11.9. The van der Waals surface area contributed by atoms with Gasteiger partial charge in [0, 0.05) is 19.0 Å². The van der Waals surface area contributed by atoms with E-state index in [0.29, 0.717) is 5.75 Å². The van der Waals surface area contributed by atoms with Crippen molar-refractivity contribution in [2.75, 3.05) is 14.2 Å². The first-order valence-electron chi connectivity index (χ1n) is 5.19. The van der Waals surface area contributed by atoms with E-state index < -0.39 is 5.92 Å². The Labute approximate surface area is 108 Å². The Hall–Kier alpha value is -1.36. The van der Waals surface area contributed by atoms with Gasteiger partial charge in [-0.3, -0.25) is 14.5 Å². The quantitative estimate of drug-likeness (QED) is 0.784. The van der Waals surface area contributed by atoms with Gasteiger partial charge in [-0.25, -0.2) is 0 Å². The van der Waals surface area contributed by atoms with Crippen molar-refractivity contribution in [3.8, 4) is 5.75 Å². The number of benzene rings is 1. The molecular formula is C12H12BrNO3. The first kappa shape index (κ1) is 12.1. The van der Waals surface area contributed by atoms with E-state index in [4.69, 9.17) is 4.74 Å². The number of nitrogens with zero attached hydrogens (tertiary/aromatic N) is 1. The van der Waals surface area contributed by atoms with Crippen LogP contribution in [0.2, 0.25) is 0 Å². The van der Waals surface area contributed by atoms with Gasteiger partial charge in [0.2, 0.25) is 11.8 Å². The molecule has 1 aromatic rings. The van der Waals surface area contributed by atoms with Crippen LogP contribution in [0.15, 0.2) is 22.7 Å². The van der Waals surface area contributed by atoms with Crippen LogP contribution >= 0.6 is 15.9 Å². The van der Waals surface area contributed by atoms with E-state index in [0.717, 1.165) is 10.0 Å². The average molecular weight is 298 g/mol. The summed E-state index contributed by atoms with van der Waals surface area (Å²) in [5.74, 6) is -0.137. The van der Waals surface area contributed by atoms with Gasteiger partial charge in [-0.15, -0.1) is 0 Å². The highest BCUT2D eigenvalue weighted by molar-refractivity contribution is 9.10. The minimum absolute atomic E-state index is 0.151. The normalized spacial score (nSPS) is 19.9. The lowest BCUT2D eigenvalue weighted by Crippen LogP contribution is -2.25. The van der Waals surface area contributed by atoms with Crippen LogP contribution in [0.5, 0.6) is 5.75 Å². The molecule has 90 valence electrons. The van der Waals surface area contributed by atoms with Crippen LogP contribution < -0.4 is 4.74 Å². The van der Waals surface area contributed by atoms with E-state index in [1.165, 1.54) is 11.9 Å². The summed E-state index contributed by atoms with van der Waals surface area (Å²) >= 11 is 3.37. The molecule has 1 atom stereocenters. The summed E-state index contributed by atoms with van der Waals surface area (Å²) in [5, 5.41) is 0. The molecule has 2 rings (SSSR count). The Kier molecular flexibility index (Phi) is 3.19. The van der Waals surface area contributed by atoms with Gasteiger partial charge in [0.15, 0.2) is 0 Å². The minimum atomic E-state index is -0.431. The summed E-state index contributed by atoms with van der Waals surface area (Å²) in [4.78, 5) is 24.6. The topological polar surface area (TPSA) is 46.6 Å². The molecule has 1 aliphatic heterocycles. The highest BCUT2D eigenvalue weighted by Crippen LogP contribution is 2.38. The van der Waals surface area contributed by atoms with Crippen LogP contribution in [0, 0.1) is 0 Å². The summed E-state index contributed by atoms with van der Waals surface area (Å²) in [7, 11) is 3.06. The monoisotopic (exact) mass is 297 g/mol. The fourth-order valence-electron chi connectivity index (χ4n) is 2.01. The predicted octanol–water partition coefficient (Wildman–Crippen LogP) is 1.93. The maximum Gasteiger partial charge on any atom is 0.237 e. The Morgan fingerprint density at radius 1 is 1.41 bits per heavy atom. The number of methoxy groups -OCH3 is 1. The van der Waals surface area contributed by atoms with Crippen LogP contribution in [-0.2, 0) is 9.59 Å². The Balaban J connectivity index is 2.45. The number of ether oxygens (including phenoxy) is 1. The molecule has 17 heavy (non-hydrogen) atoms. The van der Waals surface area contributed by atoms with Gasteiger partial charge < -0.3 is 4.74 Å². The Morgan fingerprint density at radius 2 is 2.12 bits per heavy atom. The van der Waals surface area contributed by atoms with Gasteiger partial charge in [-0.05, 0) is 22.0 Å². The highest BCUT2D eigenvalue weighted by atomic mass is 79.9. The molecule has 0 bridgehead atoms. The number of rotatable bonds is 2. The summed E-state index contributed by atoms with van der Waals surface area (Å²) in [6, 6.07) is 5.49. The number of imide groups is 1. The zero-order valence-electron chi connectivity index (χ0n) is 9.57. The van der Waals surface area contributed by atoms with Gasteiger partial charge in [0.25, 0.3) is 0 Å². The molecular weight excluding hydrogens is 286 g/mol. The number of amides is 2. The van der Waals surface area contributed by atoms with Crippen molar-refractivity contribution < 1.29 is 14.3 Å². The number of carbonyl (C=O) groups is 2. The number of hydrogen-bond donors (Lipinski definition) is 0. The molecule has 1 aliphatic rings. The first-order chi connectivity index (χ1) is 8.06. The summed E-state index contributed by atoms with van der Waals surface area (Å²) in [6.45, 7) is 0. The zero-order valence-corrected chi connectivity index (χ0v) is 11.2. The van der Waals surface area contributed by atoms with E-state index >= 15 is 0 Å². The zero-order chi connectivity index (χ0) is 12.6. The van der Waals surface area contributed by atoms with Crippen molar-refractivity contribution in [1.82, 2.24) is 4.90 Å². The third-order valence-corrected chi connectivity index (χ3v) is 3.58. The molecule has 1 fully saturated rings. The SMILES string of the molecule is COc1c(Br)cccc1C1CC(=O)N(C)C1=O. The predicted molar refractivity (Wildman–Crippen MR) is 65.8 cm³/mol. The van der Waals surface area contributed by atoms with Crippen LogP contribution in [0.1, 0.15) is 17.9 Å². The number of likely N-dealkylation sites (tertiary alicyclic amines) is 1. The lowest BCUT2D eigenvalue weighted by atomic mass is 9.96. The summed E-state index contributed by atoms with van der Waals surface area (Å²) < 4.78 is 6.06. The smallest absolute Gasteiger partial charge is 0.237 e. The van der Waals surface area contributed by atoms with Crippen LogP contribution in [0.25, 0.3) is 0 Å². The van der Waals surface area contributed by atoms with E-state index in [9.17, 15) is 9.59 Å². The van der Waals surface area contributed by atoms with Gasteiger partial charge in [-0.2, -0.15) is 0 Å². The first-order valence-corrected chi connectivity index (χ1v) is 5.98. The Morgan fingerprint density at radius 3 is 2.65 bits per heavy atom. The van der Waals surface area contributed by atoms with Gasteiger partial charge in [0.05, 0.1) is 17.5 Å². The fourth-order valence-corrected chi connectivity index (χ4v) is 2.56. The van der Waals surface area contributed by atoms with Gasteiger partial charge >= 0.3 is 0 Å². The summed E-state index contributed by atoms with van der Waals surface area (Å²) in [6.07, 6.45) is 0.210. The molecule has 1 aromatic carbocycles. The lowest BCUT2D eigenvalue weighted by molar-refractivity contribution is -0.137. The van der Waals surface area contributed by atoms with Crippen molar-refractivity contribution in [3.05, 3.63) is 28.2 Å². The molecule has 0 N–H and O–H groups in total. The van der Waals surface area contributed by atoms with E-state index in [2.05, 4.69) is 15.9 Å². The van der Waals surface area contributed by atoms with Crippen molar-refractivity contribution >= 4 is 27.7 Å². The summed E-state index contributed by atoms with van der Waals surface area (Å²) in [5.41, 5.74) is 0.754.